The second-order valence-electron chi connectivity index (χ2n) is 14.1. The molecule has 0 saturated heterocycles. The maximum Gasteiger partial charge on any atom is 0.0468 e. The van der Waals surface area contributed by atoms with Crippen LogP contribution in [0.5, 0.6) is 0 Å². The molecule has 0 radical (unpaired) electrons. The van der Waals surface area contributed by atoms with Crippen LogP contribution < -0.4 is 4.90 Å². The van der Waals surface area contributed by atoms with E-state index in [1.165, 1.54) is 75.5 Å². The third-order valence-corrected chi connectivity index (χ3v) is 12.0. The largest absolute Gasteiger partial charge is 0.310 e. The van der Waals surface area contributed by atoms with E-state index in [1.807, 2.05) is 11.3 Å². The van der Waals surface area contributed by atoms with Gasteiger partial charge in [-0.1, -0.05) is 141 Å². The Kier molecular flexibility index (Phi) is 6.78. The van der Waals surface area contributed by atoms with Gasteiger partial charge in [0.25, 0.3) is 0 Å². The minimum Gasteiger partial charge on any atom is -0.310 e. The number of benzene rings is 8. The highest BCUT2D eigenvalue weighted by Crippen LogP contribution is 2.52. The second kappa shape index (κ2) is 11.6. The van der Waals surface area contributed by atoms with E-state index >= 15 is 0 Å². The molecule has 0 saturated carbocycles. The molecule has 0 atom stereocenters. The van der Waals surface area contributed by atoms with E-state index in [9.17, 15) is 0 Å². The number of anilines is 3. The molecule has 1 heterocycles. The number of fused-ring (bicyclic) bond motifs is 7. The summed E-state index contributed by atoms with van der Waals surface area (Å²) in [5.41, 5.74) is 13.8. The quantitative estimate of drug-likeness (QED) is 0.176. The summed E-state index contributed by atoms with van der Waals surface area (Å²) in [5, 5.41) is 5.11. The maximum absolute atomic E-state index is 2.42. The minimum atomic E-state index is -0.0754. The molecular weight excluding hydrogens is 635 g/mol. The van der Waals surface area contributed by atoms with Crippen molar-refractivity contribution in [3.05, 3.63) is 187 Å². The lowest BCUT2D eigenvalue weighted by atomic mass is 9.79. The summed E-state index contributed by atoms with van der Waals surface area (Å²) in [6, 6.07) is 64.9. The Morgan fingerprint density at radius 2 is 1.04 bits per heavy atom. The van der Waals surface area contributed by atoms with Crippen molar-refractivity contribution >= 4 is 59.3 Å². The van der Waals surface area contributed by atoms with Crippen LogP contribution in [-0.2, 0) is 5.41 Å². The van der Waals surface area contributed by atoms with Gasteiger partial charge in [-0.3, -0.25) is 0 Å². The van der Waals surface area contributed by atoms with Gasteiger partial charge >= 0.3 is 0 Å². The van der Waals surface area contributed by atoms with Crippen molar-refractivity contribution in [3.63, 3.8) is 0 Å². The van der Waals surface area contributed by atoms with Gasteiger partial charge in [-0.15, -0.1) is 11.3 Å². The van der Waals surface area contributed by atoms with Crippen molar-refractivity contribution in [2.24, 2.45) is 0 Å². The van der Waals surface area contributed by atoms with Crippen LogP contribution in [0.1, 0.15) is 25.0 Å². The summed E-state index contributed by atoms with van der Waals surface area (Å²) in [6.45, 7) is 4.73. The molecule has 8 aromatic carbocycles. The molecule has 51 heavy (non-hydrogen) atoms. The zero-order valence-corrected chi connectivity index (χ0v) is 29.4. The molecule has 0 aliphatic heterocycles. The second-order valence-corrected chi connectivity index (χ2v) is 15.2. The molecule has 1 nitrogen and oxygen atoms in total. The molecule has 0 amide bonds. The first-order chi connectivity index (χ1) is 25.0. The normalized spacial score (nSPS) is 13.1. The molecule has 0 spiro atoms. The van der Waals surface area contributed by atoms with E-state index < -0.39 is 0 Å². The summed E-state index contributed by atoms with van der Waals surface area (Å²) < 4.78 is 2.63. The van der Waals surface area contributed by atoms with Gasteiger partial charge in [0, 0.05) is 42.6 Å². The Bertz CT molecular complexity index is 2780. The Labute approximate surface area is 302 Å². The molecule has 0 fully saturated rings. The highest BCUT2D eigenvalue weighted by atomic mass is 32.1. The van der Waals surface area contributed by atoms with Crippen molar-refractivity contribution in [1.82, 2.24) is 0 Å². The van der Waals surface area contributed by atoms with Gasteiger partial charge in [-0.25, -0.2) is 0 Å². The van der Waals surface area contributed by atoms with Crippen LogP contribution in [-0.4, -0.2) is 0 Å². The van der Waals surface area contributed by atoms with Crippen molar-refractivity contribution in [2.75, 3.05) is 4.90 Å². The first-order valence-corrected chi connectivity index (χ1v) is 18.5. The van der Waals surface area contributed by atoms with Gasteiger partial charge in [0.15, 0.2) is 0 Å². The number of thiophene rings is 1. The zero-order chi connectivity index (χ0) is 34.1. The van der Waals surface area contributed by atoms with Crippen LogP contribution >= 0.6 is 11.3 Å². The highest BCUT2D eigenvalue weighted by molar-refractivity contribution is 7.25. The maximum atomic E-state index is 2.42. The number of hydrogen-bond acceptors (Lipinski definition) is 2. The molecule has 1 aromatic heterocycles. The summed E-state index contributed by atoms with van der Waals surface area (Å²) in [5.74, 6) is 0. The summed E-state index contributed by atoms with van der Waals surface area (Å²) >= 11 is 1.86. The molecule has 9 aromatic rings. The number of nitrogens with zero attached hydrogens (tertiary/aromatic N) is 1. The molecular formula is C49H35NS. The Hall–Kier alpha value is -5.96. The summed E-state index contributed by atoms with van der Waals surface area (Å²) in [6.07, 6.45) is 0. The van der Waals surface area contributed by atoms with Crippen molar-refractivity contribution in [2.45, 2.75) is 19.3 Å². The molecule has 0 unspecified atom stereocenters. The smallest absolute Gasteiger partial charge is 0.0468 e. The molecule has 242 valence electrons. The lowest BCUT2D eigenvalue weighted by Gasteiger charge is -2.27. The van der Waals surface area contributed by atoms with Gasteiger partial charge in [-0.05, 0) is 104 Å². The van der Waals surface area contributed by atoms with E-state index in [-0.39, 0.29) is 5.41 Å². The average Bonchev–Trinajstić information content (AvgIpc) is 3.67. The van der Waals surface area contributed by atoms with Gasteiger partial charge < -0.3 is 4.90 Å². The van der Waals surface area contributed by atoms with E-state index in [0.29, 0.717) is 0 Å². The standard InChI is InChI=1S/C49H35NS/c1-49(2)45-22-7-5-17-41(45)43-21-11-20-40(48(43)49)33-24-26-35(27-25-33)50(37-28-29-47-44(31-37)42-18-6-8-23-46(42)51-47)36-15-9-14-34(30-36)39-19-10-13-32-12-3-4-16-38(32)39/h3-31H,1-2H3. The van der Waals surface area contributed by atoms with Gasteiger partial charge in [0.05, 0.1) is 0 Å². The SMILES string of the molecule is CC1(C)c2ccccc2-c2cccc(-c3ccc(N(c4cccc(-c5cccc6ccccc56)c4)c4ccc5sc6ccccc6c5c4)cc3)c21. The monoisotopic (exact) mass is 669 g/mol. The van der Waals surface area contributed by atoms with Crippen LogP contribution in [0.15, 0.2) is 176 Å². The average molecular weight is 670 g/mol. The van der Waals surface area contributed by atoms with E-state index in [4.69, 9.17) is 0 Å². The Morgan fingerprint density at radius 1 is 0.412 bits per heavy atom. The lowest BCUT2D eigenvalue weighted by Crippen LogP contribution is -2.16. The molecule has 2 heteroatoms. The van der Waals surface area contributed by atoms with Crippen molar-refractivity contribution in [1.29, 1.82) is 0 Å². The van der Waals surface area contributed by atoms with Crippen LogP contribution in [0, 0.1) is 0 Å². The zero-order valence-electron chi connectivity index (χ0n) is 28.6. The van der Waals surface area contributed by atoms with Crippen LogP contribution in [0.25, 0.3) is 64.3 Å². The van der Waals surface area contributed by atoms with E-state index in [0.717, 1.165) is 17.1 Å². The van der Waals surface area contributed by atoms with Crippen LogP contribution in [0.4, 0.5) is 17.1 Å². The first kappa shape index (κ1) is 29.9. The van der Waals surface area contributed by atoms with Crippen molar-refractivity contribution < 1.29 is 0 Å². The molecule has 10 rings (SSSR count). The third-order valence-electron chi connectivity index (χ3n) is 10.8. The number of rotatable bonds is 5. The summed E-state index contributed by atoms with van der Waals surface area (Å²) in [7, 11) is 0. The van der Waals surface area contributed by atoms with Crippen LogP contribution in [0.3, 0.4) is 0 Å². The summed E-state index contributed by atoms with van der Waals surface area (Å²) in [4.78, 5) is 2.42. The fraction of sp³-hybridized carbons (Fsp3) is 0.0612. The predicted octanol–water partition coefficient (Wildman–Crippen LogP) is 14.3. The fourth-order valence-corrected chi connectivity index (χ4v) is 9.55. The van der Waals surface area contributed by atoms with Gasteiger partial charge in [0.1, 0.15) is 0 Å². The van der Waals surface area contributed by atoms with Gasteiger partial charge in [0.2, 0.25) is 0 Å². The van der Waals surface area contributed by atoms with Crippen LogP contribution in [0.2, 0.25) is 0 Å². The Morgan fingerprint density at radius 3 is 1.94 bits per heavy atom. The highest BCUT2D eigenvalue weighted by Gasteiger charge is 2.37. The molecule has 1 aliphatic rings. The predicted molar refractivity (Wildman–Crippen MR) is 220 cm³/mol. The fourth-order valence-electron chi connectivity index (χ4n) is 8.47. The molecule has 0 bridgehead atoms. The van der Waals surface area contributed by atoms with Crippen molar-refractivity contribution in [3.8, 4) is 33.4 Å². The van der Waals surface area contributed by atoms with E-state index in [2.05, 4.69) is 195 Å². The molecule has 1 aliphatic carbocycles. The third kappa shape index (κ3) is 4.75. The van der Waals surface area contributed by atoms with E-state index in [1.54, 1.807) is 0 Å². The van der Waals surface area contributed by atoms with Gasteiger partial charge in [-0.2, -0.15) is 0 Å². The topological polar surface area (TPSA) is 3.24 Å². The molecule has 0 N–H and O–H groups in total. The number of hydrogen-bond donors (Lipinski definition) is 0. The first-order valence-electron chi connectivity index (χ1n) is 17.7. The Balaban J connectivity index is 1.13. The lowest BCUT2D eigenvalue weighted by molar-refractivity contribution is 0.662. The minimum absolute atomic E-state index is 0.0754.